The molecule has 0 saturated heterocycles. The van der Waals surface area contributed by atoms with Crippen LogP contribution in [0.1, 0.15) is 29.2 Å². The highest BCUT2D eigenvalue weighted by Gasteiger charge is 2.29. The number of benzene rings is 4. The zero-order valence-corrected chi connectivity index (χ0v) is 17.7. The molecule has 0 aliphatic carbocycles. The second-order valence-corrected chi connectivity index (χ2v) is 7.72. The molecule has 1 N–H and O–H groups in total. The van der Waals surface area contributed by atoms with E-state index in [2.05, 4.69) is 94.4 Å². The van der Waals surface area contributed by atoms with Crippen LogP contribution in [0.5, 0.6) is 0 Å². The molecule has 4 nitrogen and oxygen atoms in total. The number of hydrazone groups is 2. The van der Waals surface area contributed by atoms with Crippen molar-refractivity contribution in [2.24, 2.45) is 10.2 Å². The van der Waals surface area contributed by atoms with E-state index in [4.69, 9.17) is 5.10 Å². The van der Waals surface area contributed by atoms with Gasteiger partial charge in [-0.05, 0) is 41.0 Å². The maximum atomic E-state index is 5.02. The molecule has 4 aromatic rings. The number of rotatable bonds is 6. The average molecular weight is 417 g/mol. The van der Waals surface area contributed by atoms with Crippen molar-refractivity contribution >= 4 is 23.3 Å². The van der Waals surface area contributed by atoms with Crippen LogP contribution in [0.3, 0.4) is 0 Å². The fourth-order valence-electron chi connectivity index (χ4n) is 3.90. The van der Waals surface area contributed by atoms with Gasteiger partial charge in [0.05, 0.1) is 29.3 Å². The van der Waals surface area contributed by atoms with Crippen LogP contribution in [0.4, 0.5) is 11.4 Å². The van der Waals surface area contributed by atoms with Gasteiger partial charge in [-0.1, -0.05) is 91.0 Å². The molecule has 4 aromatic carbocycles. The molecule has 1 heterocycles. The lowest BCUT2D eigenvalue weighted by Crippen LogP contribution is -2.18. The number of nitrogens with one attached hydrogen (secondary N) is 1. The lowest BCUT2D eigenvalue weighted by Gasteiger charge is -2.24. The molecule has 0 saturated carbocycles. The number of nitrogens with zero attached hydrogens (tertiary/aromatic N) is 3. The summed E-state index contributed by atoms with van der Waals surface area (Å²) in [7, 11) is 0. The molecule has 32 heavy (non-hydrogen) atoms. The van der Waals surface area contributed by atoms with Gasteiger partial charge in [0.25, 0.3) is 0 Å². The Kier molecular flexibility index (Phi) is 5.75. The summed E-state index contributed by atoms with van der Waals surface area (Å²) in [6, 6.07) is 39.5. The largest absolute Gasteiger partial charge is 0.279 e. The van der Waals surface area contributed by atoms with Gasteiger partial charge in [0.15, 0.2) is 0 Å². The third-order valence-corrected chi connectivity index (χ3v) is 5.54. The van der Waals surface area contributed by atoms with E-state index >= 15 is 0 Å². The molecule has 0 unspecified atom stereocenters. The maximum absolute atomic E-state index is 5.02. The normalized spacial score (nSPS) is 15.7. The van der Waals surface area contributed by atoms with Crippen LogP contribution in [0.15, 0.2) is 125 Å². The van der Waals surface area contributed by atoms with E-state index in [-0.39, 0.29) is 6.04 Å². The van der Waals surface area contributed by atoms with Crippen molar-refractivity contribution in [3.8, 4) is 0 Å². The molecule has 0 fully saturated rings. The minimum absolute atomic E-state index is 0.172. The Balaban J connectivity index is 1.38. The summed E-state index contributed by atoms with van der Waals surface area (Å²) in [6.07, 6.45) is 2.70. The van der Waals surface area contributed by atoms with E-state index in [9.17, 15) is 0 Å². The van der Waals surface area contributed by atoms with Crippen LogP contribution in [0.25, 0.3) is 0 Å². The monoisotopic (exact) mass is 416 g/mol. The molecule has 0 spiro atoms. The van der Waals surface area contributed by atoms with Crippen molar-refractivity contribution in [3.05, 3.63) is 132 Å². The lowest BCUT2D eigenvalue weighted by molar-refractivity contribution is 0.709. The van der Waals surface area contributed by atoms with Crippen molar-refractivity contribution in [2.45, 2.75) is 12.5 Å². The second-order valence-electron chi connectivity index (χ2n) is 7.72. The van der Waals surface area contributed by atoms with E-state index in [0.717, 1.165) is 29.1 Å². The average Bonchev–Trinajstić information content (AvgIpc) is 3.32. The number of hydrogen-bond donors (Lipinski definition) is 1. The fourth-order valence-corrected chi connectivity index (χ4v) is 3.90. The molecule has 0 amide bonds. The van der Waals surface area contributed by atoms with Gasteiger partial charge >= 0.3 is 0 Å². The van der Waals surface area contributed by atoms with Crippen LogP contribution in [-0.4, -0.2) is 11.9 Å². The van der Waals surface area contributed by atoms with Gasteiger partial charge in [-0.2, -0.15) is 10.2 Å². The SMILES string of the molecule is C(=N/Nc1ccccc1)/c1ccc(N2N=C(c3ccccc3)C[C@H]2c2ccccc2)cc1. The summed E-state index contributed by atoms with van der Waals surface area (Å²) in [6.45, 7) is 0. The van der Waals surface area contributed by atoms with E-state index in [0.29, 0.717) is 0 Å². The van der Waals surface area contributed by atoms with Gasteiger partial charge < -0.3 is 0 Å². The summed E-state index contributed by atoms with van der Waals surface area (Å²) < 4.78 is 0. The molecule has 0 radical (unpaired) electrons. The highest BCUT2D eigenvalue weighted by atomic mass is 15.5. The zero-order valence-electron chi connectivity index (χ0n) is 17.7. The molecular weight excluding hydrogens is 392 g/mol. The highest BCUT2D eigenvalue weighted by molar-refractivity contribution is 6.03. The van der Waals surface area contributed by atoms with E-state index < -0.39 is 0 Å². The first-order valence-corrected chi connectivity index (χ1v) is 10.8. The topological polar surface area (TPSA) is 40.0 Å². The Morgan fingerprint density at radius 1 is 0.750 bits per heavy atom. The third-order valence-electron chi connectivity index (χ3n) is 5.54. The Hall–Kier alpha value is -4.18. The van der Waals surface area contributed by atoms with Gasteiger partial charge in [0, 0.05) is 6.42 Å². The first-order chi connectivity index (χ1) is 15.9. The molecule has 0 bridgehead atoms. The van der Waals surface area contributed by atoms with Gasteiger partial charge in [-0.25, -0.2) is 0 Å². The first-order valence-electron chi connectivity index (χ1n) is 10.8. The van der Waals surface area contributed by atoms with Crippen LogP contribution < -0.4 is 10.4 Å². The standard InChI is InChI=1S/C28H24N4/c1-4-10-23(11-5-1)27-20-28(24-12-6-2-7-13-24)32(31-27)26-18-16-22(17-19-26)21-29-30-25-14-8-3-9-15-25/h1-19,21,28,30H,20H2/b29-21-/t28-/m0/s1. The Labute approximate surface area is 188 Å². The summed E-state index contributed by atoms with van der Waals surface area (Å²) in [5.41, 5.74) is 9.66. The molecule has 1 aliphatic heterocycles. The van der Waals surface area contributed by atoms with E-state index in [1.807, 2.05) is 42.6 Å². The summed E-state index contributed by atoms with van der Waals surface area (Å²) in [5, 5.41) is 11.5. The Morgan fingerprint density at radius 2 is 1.38 bits per heavy atom. The van der Waals surface area contributed by atoms with Gasteiger partial charge in [-0.15, -0.1) is 0 Å². The summed E-state index contributed by atoms with van der Waals surface area (Å²) in [4.78, 5) is 0. The second kappa shape index (κ2) is 9.31. The molecule has 1 atom stereocenters. The van der Waals surface area contributed by atoms with Gasteiger partial charge in [0.1, 0.15) is 0 Å². The number of para-hydroxylation sites is 1. The smallest absolute Gasteiger partial charge is 0.0831 e. The molecule has 4 heteroatoms. The molecule has 0 aromatic heterocycles. The van der Waals surface area contributed by atoms with Gasteiger partial charge in [-0.3, -0.25) is 10.4 Å². The van der Waals surface area contributed by atoms with Crippen molar-refractivity contribution in [1.82, 2.24) is 0 Å². The number of anilines is 2. The minimum Gasteiger partial charge on any atom is -0.279 e. The Bertz CT molecular complexity index is 1200. The zero-order chi connectivity index (χ0) is 21.6. The van der Waals surface area contributed by atoms with Crippen LogP contribution in [-0.2, 0) is 0 Å². The Morgan fingerprint density at radius 3 is 2.06 bits per heavy atom. The summed E-state index contributed by atoms with van der Waals surface area (Å²) >= 11 is 0. The predicted molar refractivity (Wildman–Crippen MR) is 133 cm³/mol. The minimum atomic E-state index is 0.172. The molecule has 1 aliphatic rings. The van der Waals surface area contributed by atoms with E-state index in [1.54, 1.807) is 0 Å². The quantitative estimate of drug-likeness (QED) is 0.288. The molecular formula is C28H24N4. The van der Waals surface area contributed by atoms with Crippen molar-refractivity contribution < 1.29 is 0 Å². The van der Waals surface area contributed by atoms with Crippen molar-refractivity contribution in [2.75, 3.05) is 10.4 Å². The third kappa shape index (κ3) is 4.44. The molecule has 5 rings (SSSR count). The van der Waals surface area contributed by atoms with Crippen LogP contribution in [0, 0.1) is 0 Å². The highest BCUT2D eigenvalue weighted by Crippen LogP contribution is 2.36. The predicted octanol–water partition coefficient (Wildman–Crippen LogP) is 6.49. The first kappa shape index (κ1) is 19.8. The van der Waals surface area contributed by atoms with Crippen LogP contribution >= 0.6 is 0 Å². The van der Waals surface area contributed by atoms with Crippen molar-refractivity contribution in [3.63, 3.8) is 0 Å². The maximum Gasteiger partial charge on any atom is 0.0831 e. The number of hydrogen-bond acceptors (Lipinski definition) is 4. The van der Waals surface area contributed by atoms with Crippen LogP contribution in [0.2, 0.25) is 0 Å². The van der Waals surface area contributed by atoms with Crippen molar-refractivity contribution in [1.29, 1.82) is 0 Å². The summed E-state index contributed by atoms with van der Waals surface area (Å²) in [5.74, 6) is 0. The molecule has 156 valence electrons. The fraction of sp³-hybridized carbons (Fsp3) is 0.0714. The van der Waals surface area contributed by atoms with E-state index in [1.165, 1.54) is 11.1 Å². The van der Waals surface area contributed by atoms with Gasteiger partial charge in [0.2, 0.25) is 0 Å². The lowest BCUT2D eigenvalue weighted by atomic mass is 9.98.